The molecule has 1 saturated carbocycles. The molecule has 1 aliphatic carbocycles. The van der Waals surface area contributed by atoms with Crippen molar-refractivity contribution in [2.24, 2.45) is 11.3 Å². The zero-order chi connectivity index (χ0) is 17.0. The fourth-order valence-corrected chi connectivity index (χ4v) is 3.34. The van der Waals surface area contributed by atoms with Crippen LogP contribution in [0.5, 0.6) is 0 Å². The van der Waals surface area contributed by atoms with Crippen LogP contribution in [-0.2, 0) is 4.74 Å². The second kappa shape index (κ2) is 7.67. The number of hydrogen-bond acceptors (Lipinski definition) is 3. The Kier molecular flexibility index (Phi) is 6.72. The highest BCUT2D eigenvalue weighted by Gasteiger charge is 2.32. The molecule has 0 aromatic carbocycles. The fourth-order valence-electron chi connectivity index (χ4n) is 3.34. The molecule has 22 heavy (non-hydrogen) atoms. The van der Waals surface area contributed by atoms with Gasteiger partial charge in [0.1, 0.15) is 5.60 Å². The number of hydrogen-bond donors (Lipinski definition) is 1. The zero-order valence-corrected chi connectivity index (χ0v) is 15.7. The molecule has 1 N–H and O–H groups in total. The van der Waals surface area contributed by atoms with Crippen LogP contribution in [0.4, 0.5) is 4.79 Å². The lowest BCUT2D eigenvalue weighted by Gasteiger charge is -2.40. The second-order valence-corrected chi connectivity index (χ2v) is 8.50. The average molecular weight is 312 g/mol. The van der Waals surface area contributed by atoms with Gasteiger partial charge in [-0.25, -0.2) is 4.79 Å². The lowest BCUT2D eigenvalue weighted by atomic mass is 9.70. The molecule has 1 amide bonds. The number of rotatable bonds is 5. The van der Waals surface area contributed by atoms with Gasteiger partial charge in [0.15, 0.2) is 0 Å². The molecule has 0 saturated heterocycles. The molecular weight excluding hydrogens is 276 g/mol. The van der Waals surface area contributed by atoms with E-state index in [-0.39, 0.29) is 6.09 Å². The SMILES string of the molecule is CCN(CCNC1CCC(C)(C)CC1C)C(=O)OC(C)(C)C. The third kappa shape index (κ3) is 6.55. The smallest absolute Gasteiger partial charge is 0.410 e. The maximum absolute atomic E-state index is 12.1. The van der Waals surface area contributed by atoms with Gasteiger partial charge in [-0.15, -0.1) is 0 Å². The summed E-state index contributed by atoms with van der Waals surface area (Å²) < 4.78 is 5.44. The van der Waals surface area contributed by atoms with E-state index < -0.39 is 5.60 Å². The molecule has 0 radical (unpaired) electrons. The van der Waals surface area contributed by atoms with Crippen LogP contribution >= 0.6 is 0 Å². The normalized spacial score (nSPS) is 24.9. The predicted molar refractivity (Wildman–Crippen MR) is 92.1 cm³/mol. The van der Waals surface area contributed by atoms with Crippen LogP contribution < -0.4 is 5.32 Å². The van der Waals surface area contributed by atoms with E-state index in [1.807, 2.05) is 27.7 Å². The highest BCUT2D eigenvalue weighted by molar-refractivity contribution is 5.68. The monoisotopic (exact) mass is 312 g/mol. The highest BCUT2D eigenvalue weighted by atomic mass is 16.6. The Morgan fingerprint density at radius 1 is 1.36 bits per heavy atom. The Bertz CT molecular complexity index is 361. The minimum Gasteiger partial charge on any atom is -0.444 e. The van der Waals surface area contributed by atoms with Gasteiger partial charge in [-0.05, 0) is 58.3 Å². The molecule has 0 aromatic heterocycles. The maximum atomic E-state index is 12.1. The highest BCUT2D eigenvalue weighted by Crippen LogP contribution is 2.38. The molecule has 1 rings (SSSR count). The van der Waals surface area contributed by atoms with Crippen LogP contribution in [0.2, 0.25) is 0 Å². The predicted octanol–water partition coefficient (Wildman–Crippen LogP) is 4.05. The molecule has 0 aromatic rings. The van der Waals surface area contributed by atoms with E-state index in [1.165, 1.54) is 19.3 Å². The van der Waals surface area contributed by atoms with Crippen molar-refractivity contribution in [1.29, 1.82) is 0 Å². The summed E-state index contributed by atoms with van der Waals surface area (Å²) in [6, 6.07) is 0.574. The van der Waals surface area contributed by atoms with Crippen molar-refractivity contribution in [3.8, 4) is 0 Å². The number of likely N-dealkylation sites (N-methyl/N-ethyl adjacent to an activating group) is 1. The number of ether oxygens (including phenoxy) is 1. The summed E-state index contributed by atoms with van der Waals surface area (Å²) in [5, 5.41) is 3.64. The molecule has 2 atom stereocenters. The van der Waals surface area contributed by atoms with Crippen LogP contribution in [-0.4, -0.2) is 42.3 Å². The van der Waals surface area contributed by atoms with Crippen LogP contribution in [0, 0.1) is 11.3 Å². The van der Waals surface area contributed by atoms with E-state index in [1.54, 1.807) is 4.90 Å². The minimum atomic E-state index is -0.429. The molecule has 0 bridgehead atoms. The van der Waals surface area contributed by atoms with Crippen molar-refractivity contribution in [2.75, 3.05) is 19.6 Å². The fraction of sp³-hybridized carbons (Fsp3) is 0.944. The molecule has 2 unspecified atom stereocenters. The average Bonchev–Trinajstić information content (AvgIpc) is 2.33. The topological polar surface area (TPSA) is 41.6 Å². The van der Waals surface area contributed by atoms with Crippen LogP contribution in [0.15, 0.2) is 0 Å². The Morgan fingerprint density at radius 3 is 2.50 bits per heavy atom. The second-order valence-electron chi connectivity index (χ2n) is 8.50. The van der Waals surface area contributed by atoms with Gasteiger partial charge < -0.3 is 15.0 Å². The van der Waals surface area contributed by atoms with Crippen molar-refractivity contribution in [3.05, 3.63) is 0 Å². The van der Waals surface area contributed by atoms with Gasteiger partial charge >= 0.3 is 6.09 Å². The van der Waals surface area contributed by atoms with Crippen molar-refractivity contribution in [3.63, 3.8) is 0 Å². The first-order valence-corrected chi connectivity index (χ1v) is 8.75. The molecule has 130 valence electrons. The van der Waals surface area contributed by atoms with Gasteiger partial charge in [0, 0.05) is 25.7 Å². The Morgan fingerprint density at radius 2 is 2.00 bits per heavy atom. The molecule has 0 heterocycles. The number of carbonyl (C=O) groups is 1. The van der Waals surface area contributed by atoms with Gasteiger partial charge in [-0.3, -0.25) is 0 Å². The third-order valence-electron chi connectivity index (χ3n) is 4.52. The van der Waals surface area contributed by atoms with Crippen LogP contribution in [0.3, 0.4) is 0 Å². The van der Waals surface area contributed by atoms with E-state index in [2.05, 4.69) is 26.1 Å². The number of carbonyl (C=O) groups excluding carboxylic acids is 1. The first-order valence-electron chi connectivity index (χ1n) is 8.75. The number of nitrogens with one attached hydrogen (secondary N) is 1. The van der Waals surface area contributed by atoms with Crippen LogP contribution in [0.1, 0.15) is 67.7 Å². The Labute approximate surface area is 137 Å². The van der Waals surface area contributed by atoms with E-state index in [0.29, 0.717) is 30.5 Å². The summed E-state index contributed by atoms with van der Waals surface area (Å²) in [6.45, 7) is 17.0. The molecule has 1 fully saturated rings. The summed E-state index contributed by atoms with van der Waals surface area (Å²) in [6.07, 6.45) is 3.56. The minimum absolute atomic E-state index is 0.213. The molecule has 0 aliphatic heterocycles. The Hall–Kier alpha value is -0.770. The van der Waals surface area contributed by atoms with Gasteiger partial charge in [0.05, 0.1) is 0 Å². The summed E-state index contributed by atoms with van der Waals surface area (Å²) in [5.41, 5.74) is 0.0466. The van der Waals surface area contributed by atoms with Gasteiger partial charge in [0.25, 0.3) is 0 Å². The number of amides is 1. The Balaban J connectivity index is 2.37. The summed E-state index contributed by atoms with van der Waals surface area (Å²) in [4.78, 5) is 13.9. The van der Waals surface area contributed by atoms with E-state index in [9.17, 15) is 4.79 Å². The molecule has 4 heteroatoms. The lowest BCUT2D eigenvalue weighted by Crippen LogP contribution is -2.46. The van der Waals surface area contributed by atoms with E-state index in [0.717, 1.165) is 6.54 Å². The first kappa shape index (κ1) is 19.3. The van der Waals surface area contributed by atoms with Crippen LogP contribution in [0.25, 0.3) is 0 Å². The van der Waals surface area contributed by atoms with Crippen molar-refractivity contribution in [2.45, 2.75) is 79.4 Å². The summed E-state index contributed by atoms with van der Waals surface area (Å²) >= 11 is 0. The number of nitrogens with zero attached hydrogens (tertiary/aromatic N) is 1. The van der Waals surface area contributed by atoms with Gasteiger partial charge in [0.2, 0.25) is 0 Å². The summed E-state index contributed by atoms with van der Waals surface area (Å²) in [7, 11) is 0. The third-order valence-corrected chi connectivity index (χ3v) is 4.52. The molecule has 1 aliphatic rings. The van der Waals surface area contributed by atoms with E-state index >= 15 is 0 Å². The zero-order valence-electron chi connectivity index (χ0n) is 15.7. The van der Waals surface area contributed by atoms with E-state index in [4.69, 9.17) is 4.74 Å². The van der Waals surface area contributed by atoms with Gasteiger partial charge in [-0.2, -0.15) is 0 Å². The largest absolute Gasteiger partial charge is 0.444 e. The standard InChI is InChI=1S/C18H36N2O2/c1-8-20(16(21)22-17(3,4)5)12-11-19-15-9-10-18(6,7)13-14(15)2/h14-15,19H,8-13H2,1-7H3. The van der Waals surface area contributed by atoms with Crippen molar-refractivity contribution >= 4 is 6.09 Å². The van der Waals surface area contributed by atoms with Crippen molar-refractivity contribution < 1.29 is 9.53 Å². The van der Waals surface area contributed by atoms with Crippen molar-refractivity contribution in [1.82, 2.24) is 10.2 Å². The lowest BCUT2D eigenvalue weighted by molar-refractivity contribution is 0.0258. The first-order chi connectivity index (χ1) is 10.0. The molecular formula is C18H36N2O2. The molecule has 0 spiro atoms. The van der Waals surface area contributed by atoms with Gasteiger partial charge in [-0.1, -0.05) is 20.8 Å². The quantitative estimate of drug-likeness (QED) is 0.832. The molecule has 4 nitrogen and oxygen atoms in total. The maximum Gasteiger partial charge on any atom is 0.410 e. The summed E-state index contributed by atoms with van der Waals surface area (Å²) in [5.74, 6) is 0.695.